The maximum atomic E-state index is 12.0. The zero-order chi connectivity index (χ0) is 20.6. The van der Waals surface area contributed by atoms with Gasteiger partial charge in [-0.3, -0.25) is 14.3 Å². The molecule has 10 nitrogen and oxygen atoms in total. The van der Waals surface area contributed by atoms with Gasteiger partial charge in [-0.25, -0.2) is 0 Å². The molecule has 0 radical (unpaired) electrons. The van der Waals surface area contributed by atoms with Crippen molar-refractivity contribution in [2.24, 2.45) is 0 Å². The maximum absolute atomic E-state index is 12.0. The Morgan fingerprint density at radius 3 is 2.86 bits per heavy atom. The average molecular weight is 484 g/mol. The molecule has 0 fully saturated rings. The summed E-state index contributed by atoms with van der Waals surface area (Å²) in [6.07, 6.45) is 3.37. The molecule has 2 heterocycles. The third kappa shape index (κ3) is 6.57. The van der Waals surface area contributed by atoms with E-state index in [1.807, 2.05) is 0 Å². The summed E-state index contributed by atoms with van der Waals surface area (Å²) < 4.78 is 12.7. The summed E-state index contributed by atoms with van der Waals surface area (Å²) >= 11 is 9.13. The summed E-state index contributed by atoms with van der Waals surface area (Å²) in [6, 6.07) is 6.74. The van der Waals surface area contributed by atoms with E-state index < -0.39 is 5.91 Å². The highest BCUT2D eigenvalue weighted by Crippen LogP contribution is 2.16. The molecule has 0 bridgehead atoms. The molecule has 3 rings (SSSR count). The highest BCUT2D eigenvalue weighted by molar-refractivity contribution is 9.10. The first kappa shape index (κ1) is 20.8. The third-order valence-corrected chi connectivity index (χ3v) is 4.11. The number of hydrogen-bond acceptors (Lipinski definition) is 7. The molecule has 0 saturated carbocycles. The number of nitrogens with zero attached hydrogens (tertiary/aromatic N) is 4. The second-order valence-electron chi connectivity index (χ2n) is 5.72. The fourth-order valence-electron chi connectivity index (χ4n) is 2.19. The quantitative estimate of drug-likeness (QED) is 0.444. The van der Waals surface area contributed by atoms with Crippen molar-refractivity contribution in [1.82, 2.24) is 30.6 Å². The molecule has 0 unspecified atom stereocenters. The topological polar surface area (TPSA) is 124 Å². The van der Waals surface area contributed by atoms with E-state index in [9.17, 15) is 9.59 Å². The molecule has 0 aliphatic rings. The standard InChI is InChI=1S/C17H16BrClN6O4/c18-11-7-22-25(8-11)9-14-23-17(29-24-14)16(27)21-5-4-20-15(26)10-28-13-3-1-2-12(19)6-13/h1-3,6-8H,4-5,9-10H2,(H,20,26)(H,21,27). The summed E-state index contributed by atoms with van der Waals surface area (Å²) in [4.78, 5) is 27.8. The lowest BCUT2D eigenvalue weighted by Crippen LogP contribution is -2.36. The Labute approximate surface area is 178 Å². The zero-order valence-electron chi connectivity index (χ0n) is 15.0. The Kier molecular flexibility index (Phi) is 7.19. The molecule has 2 aromatic heterocycles. The van der Waals surface area contributed by atoms with Gasteiger partial charge in [0.25, 0.3) is 5.91 Å². The second-order valence-corrected chi connectivity index (χ2v) is 7.08. The van der Waals surface area contributed by atoms with Crippen LogP contribution in [0.25, 0.3) is 0 Å². The molecule has 29 heavy (non-hydrogen) atoms. The van der Waals surface area contributed by atoms with Crippen LogP contribution in [0.1, 0.15) is 16.5 Å². The Bertz CT molecular complexity index is 992. The number of hydrogen-bond donors (Lipinski definition) is 2. The van der Waals surface area contributed by atoms with E-state index in [1.54, 1.807) is 41.3 Å². The maximum Gasteiger partial charge on any atom is 0.316 e. The smallest absolute Gasteiger partial charge is 0.316 e. The van der Waals surface area contributed by atoms with Crippen molar-refractivity contribution in [3.05, 3.63) is 57.9 Å². The molecule has 0 spiro atoms. The number of benzene rings is 1. The van der Waals surface area contributed by atoms with Crippen molar-refractivity contribution in [3.63, 3.8) is 0 Å². The summed E-state index contributed by atoms with van der Waals surface area (Å²) in [6.45, 7) is 0.507. The number of aromatic nitrogens is 4. The number of halogens is 2. The largest absolute Gasteiger partial charge is 0.484 e. The SMILES string of the molecule is O=C(COc1cccc(Cl)c1)NCCNC(=O)c1nc(Cn2cc(Br)cn2)no1. The van der Waals surface area contributed by atoms with E-state index in [2.05, 4.69) is 41.8 Å². The first-order valence-corrected chi connectivity index (χ1v) is 9.60. The highest BCUT2D eigenvalue weighted by Gasteiger charge is 2.15. The average Bonchev–Trinajstić information content (AvgIpc) is 3.33. The van der Waals surface area contributed by atoms with Gasteiger partial charge in [0.15, 0.2) is 12.4 Å². The number of amides is 2. The van der Waals surface area contributed by atoms with Crippen LogP contribution in [-0.4, -0.2) is 51.4 Å². The third-order valence-electron chi connectivity index (χ3n) is 3.47. The van der Waals surface area contributed by atoms with Crippen molar-refractivity contribution in [3.8, 4) is 5.75 Å². The van der Waals surface area contributed by atoms with Gasteiger partial charge >= 0.3 is 11.8 Å². The minimum Gasteiger partial charge on any atom is -0.484 e. The predicted octanol–water partition coefficient (Wildman–Crippen LogP) is 1.66. The van der Waals surface area contributed by atoms with Gasteiger partial charge in [-0.2, -0.15) is 10.1 Å². The van der Waals surface area contributed by atoms with Gasteiger partial charge in [0.2, 0.25) is 0 Å². The molecule has 0 atom stereocenters. The zero-order valence-corrected chi connectivity index (χ0v) is 17.3. The number of ether oxygens (including phenoxy) is 1. The molecular formula is C17H16BrClN6O4. The van der Waals surface area contributed by atoms with Crippen molar-refractivity contribution in [1.29, 1.82) is 0 Å². The first-order valence-electron chi connectivity index (χ1n) is 8.43. The van der Waals surface area contributed by atoms with Crippen LogP contribution in [0.4, 0.5) is 0 Å². The minimum absolute atomic E-state index is 0.162. The van der Waals surface area contributed by atoms with Gasteiger partial charge in [0.05, 0.1) is 10.7 Å². The molecule has 2 amide bonds. The predicted molar refractivity (Wildman–Crippen MR) is 106 cm³/mol. The molecule has 152 valence electrons. The van der Waals surface area contributed by atoms with Gasteiger partial charge in [-0.05, 0) is 34.1 Å². The molecule has 3 aromatic rings. The van der Waals surface area contributed by atoms with Crippen LogP contribution in [0, 0.1) is 0 Å². The molecular weight excluding hydrogens is 468 g/mol. The van der Waals surface area contributed by atoms with E-state index in [4.69, 9.17) is 20.9 Å². The Morgan fingerprint density at radius 1 is 1.28 bits per heavy atom. The van der Waals surface area contributed by atoms with Gasteiger partial charge in [-0.15, -0.1) is 0 Å². The van der Waals surface area contributed by atoms with Crippen LogP contribution >= 0.6 is 27.5 Å². The van der Waals surface area contributed by atoms with Gasteiger partial charge < -0.3 is 19.9 Å². The summed E-state index contributed by atoms with van der Waals surface area (Å²) in [5, 5.41) is 13.5. The lowest BCUT2D eigenvalue weighted by molar-refractivity contribution is -0.123. The number of carbonyl (C=O) groups excluding carboxylic acids is 2. The molecule has 0 saturated heterocycles. The van der Waals surface area contributed by atoms with Crippen LogP contribution < -0.4 is 15.4 Å². The monoisotopic (exact) mass is 482 g/mol. The fourth-order valence-corrected chi connectivity index (χ4v) is 2.70. The van der Waals surface area contributed by atoms with Gasteiger partial charge in [0.1, 0.15) is 12.3 Å². The summed E-state index contributed by atoms with van der Waals surface area (Å²) in [5.74, 6) is -0.214. The molecule has 1 aromatic carbocycles. The fraction of sp³-hybridized carbons (Fsp3) is 0.235. The Morgan fingerprint density at radius 2 is 2.10 bits per heavy atom. The molecule has 0 aliphatic heterocycles. The van der Waals surface area contributed by atoms with Crippen molar-refractivity contribution in [2.75, 3.05) is 19.7 Å². The Balaban J connectivity index is 1.35. The lowest BCUT2D eigenvalue weighted by Gasteiger charge is -2.08. The van der Waals surface area contributed by atoms with Crippen molar-refractivity contribution in [2.45, 2.75) is 6.54 Å². The van der Waals surface area contributed by atoms with E-state index in [0.717, 1.165) is 4.47 Å². The van der Waals surface area contributed by atoms with E-state index in [0.29, 0.717) is 16.6 Å². The molecule has 0 aliphatic carbocycles. The van der Waals surface area contributed by atoms with Crippen LogP contribution in [0.2, 0.25) is 5.02 Å². The minimum atomic E-state index is -0.533. The van der Waals surface area contributed by atoms with Crippen molar-refractivity contribution < 1.29 is 18.8 Å². The lowest BCUT2D eigenvalue weighted by atomic mass is 10.3. The number of carbonyl (C=O) groups is 2. The van der Waals surface area contributed by atoms with Crippen LogP contribution in [-0.2, 0) is 11.3 Å². The second kappa shape index (κ2) is 10.0. The highest BCUT2D eigenvalue weighted by atomic mass is 79.9. The number of rotatable bonds is 9. The van der Waals surface area contributed by atoms with Crippen LogP contribution in [0.3, 0.4) is 0 Å². The van der Waals surface area contributed by atoms with Crippen LogP contribution in [0.5, 0.6) is 5.75 Å². The summed E-state index contributed by atoms with van der Waals surface area (Å²) in [5.41, 5.74) is 0. The van der Waals surface area contributed by atoms with Gasteiger partial charge in [0, 0.05) is 24.3 Å². The van der Waals surface area contributed by atoms with E-state index >= 15 is 0 Å². The Hall–Kier alpha value is -2.92. The summed E-state index contributed by atoms with van der Waals surface area (Å²) in [7, 11) is 0. The van der Waals surface area contributed by atoms with Gasteiger partial charge in [-0.1, -0.05) is 22.8 Å². The van der Waals surface area contributed by atoms with E-state index in [1.165, 1.54) is 0 Å². The normalized spacial score (nSPS) is 10.6. The van der Waals surface area contributed by atoms with Crippen LogP contribution in [0.15, 0.2) is 45.7 Å². The first-order chi connectivity index (χ1) is 14.0. The van der Waals surface area contributed by atoms with E-state index in [-0.39, 0.29) is 38.0 Å². The number of nitrogens with one attached hydrogen (secondary N) is 2. The molecule has 2 N–H and O–H groups in total. The molecule has 12 heteroatoms. The van der Waals surface area contributed by atoms with Crippen molar-refractivity contribution >= 4 is 39.3 Å².